The predicted molar refractivity (Wildman–Crippen MR) is 94.5 cm³/mol. The second kappa shape index (κ2) is 7.83. The van der Waals surface area contributed by atoms with E-state index in [4.69, 9.17) is 16.3 Å². The monoisotopic (exact) mass is 362 g/mol. The highest BCUT2D eigenvalue weighted by Crippen LogP contribution is 2.24. The molecule has 0 bridgehead atoms. The first-order valence-electron chi connectivity index (χ1n) is 8.37. The summed E-state index contributed by atoms with van der Waals surface area (Å²) in [6.45, 7) is 1.98. The Morgan fingerprint density at radius 3 is 2.64 bits per heavy atom. The summed E-state index contributed by atoms with van der Waals surface area (Å²) in [5, 5.41) is 3.00. The molecule has 1 aliphatic carbocycles. The van der Waals surface area contributed by atoms with Crippen molar-refractivity contribution in [1.29, 1.82) is 0 Å². The molecule has 3 rings (SSSR count). The number of hydrogen-bond acceptors (Lipinski definition) is 3. The Kier molecular flexibility index (Phi) is 5.53. The fourth-order valence-electron chi connectivity index (χ4n) is 2.99. The summed E-state index contributed by atoms with van der Waals surface area (Å²) in [6.07, 6.45) is 5.03. The van der Waals surface area contributed by atoms with Gasteiger partial charge in [-0.25, -0.2) is 9.37 Å². The number of nitrogens with zero attached hydrogens (tertiary/aromatic N) is 1. The van der Waals surface area contributed by atoms with E-state index in [1.54, 1.807) is 6.20 Å². The van der Waals surface area contributed by atoms with E-state index >= 15 is 0 Å². The summed E-state index contributed by atoms with van der Waals surface area (Å²) >= 11 is 5.94. The number of amides is 1. The van der Waals surface area contributed by atoms with Crippen LogP contribution in [-0.4, -0.2) is 23.0 Å². The van der Waals surface area contributed by atoms with Crippen LogP contribution in [0, 0.1) is 12.7 Å². The van der Waals surface area contributed by atoms with Crippen molar-refractivity contribution in [2.45, 2.75) is 44.8 Å². The van der Waals surface area contributed by atoms with Crippen LogP contribution >= 0.6 is 11.6 Å². The van der Waals surface area contributed by atoms with Crippen LogP contribution < -0.4 is 10.1 Å². The van der Waals surface area contributed by atoms with Crippen LogP contribution in [0.4, 0.5) is 4.39 Å². The maximum absolute atomic E-state index is 13.8. The lowest BCUT2D eigenvalue weighted by Gasteiger charge is -2.29. The number of aromatic nitrogens is 1. The molecule has 1 amide bonds. The van der Waals surface area contributed by atoms with E-state index in [0.29, 0.717) is 5.88 Å². The quantitative estimate of drug-likeness (QED) is 0.882. The first kappa shape index (κ1) is 17.7. The Hall–Kier alpha value is -2.14. The zero-order valence-corrected chi connectivity index (χ0v) is 14.7. The maximum atomic E-state index is 13.8. The van der Waals surface area contributed by atoms with Gasteiger partial charge in [0.2, 0.25) is 5.88 Å². The van der Waals surface area contributed by atoms with Crippen LogP contribution in [0.1, 0.15) is 41.6 Å². The van der Waals surface area contributed by atoms with Gasteiger partial charge in [-0.2, -0.15) is 0 Å². The molecule has 0 unspecified atom stereocenters. The van der Waals surface area contributed by atoms with Gasteiger partial charge in [-0.3, -0.25) is 4.79 Å². The number of nitrogens with one attached hydrogen (secondary N) is 1. The molecule has 2 aromatic rings. The number of ether oxygens (including phenoxy) is 1. The fraction of sp³-hybridized carbons (Fsp3) is 0.368. The van der Waals surface area contributed by atoms with E-state index in [1.807, 2.05) is 19.1 Å². The SMILES string of the molecule is Cc1ccc(OC2CCC(NC(=O)c3c(F)cccc3Cl)CC2)nc1. The van der Waals surface area contributed by atoms with E-state index < -0.39 is 11.7 Å². The second-order valence-electron chi connectivity index (χ2n) is 6.34. The first-order chi connectivity index (χ1) is 12.0. The maximum Gasteiger partial charge on any atom is 0.255 e. The number of aryl methyl sites for hydroxylation is 1. The van der Waals surface area contributed by atoms with Crippen LogP contribution in [0.5, 0.6) is 5.88 Å². The van der Waals surface area contributed by atoms with Gasteiger partial charge in [0.15, 0.2) is 0 Å². The largest absolute Gasteiger partial charge is 0.474 e. The molecule has 25 heavy (non-hydrogen) atoms. The third kappa shape index (κ3) is 4.48. The molecular formula is C19H20ClFN2O2. The summed E-state index contributed by atoms with van der Waals surface area (Å²) < 4.78 is 19.7. The van der Waals surface area contributed by atoms with Crippen LogP contribution in [0.2, 0.25) is 5.02 Å². The van der Waals surface area contributed by atoms with Crippen molar-refractivity contribution in [2.24, 2.45) is 0 Å². The number of pyridine rings is 1. The smallest absolute Gasteiger partial charge is 0.255 e. The highest BCUT2D eigenvalue weighted by Gasteiger charge is 2.25. The van der Waals surface area contributed by atoms with Crippen LogP contribution in [0.3, 0.4) is 0 Å². The van der Waals surface area contributed by atoms with Crippen molar-refractivity contribution in [2.75, 3.05) is 0 Å². The summed E-state index contributed by atoms with van der Waals surface area (Å²) in [5.41, 5.74) is 0.997. The number of halogens is 2. The van der Waals surface area contributed by atoms with Gasteiger partial charge in [0.1, 0.15) is 11.9 Å². The van der Waals surface area contributed by atoms with Gasteiger partial charge < -0.3 is 10.1 Å². The minimum Gasteiger partial charge on any atom is -0.474 e. The summed E-state index contributed by atoms with van der Waals surface area (Å²) in [7, 11) is 0. The molecular weight excluding hydrogens is 343 g/mol. The van der Waals surface area contributed by atoms with Crippen molar-refractivity contribution in [1.82, 2.24) is 10.3 Å². The molecule has 0 spiro atoms. The van der Waals surface area contributed by atoms with Crippen LogP contribution in [0.25, 0.3) is 0 Å². The lowest BCUT2D eigenvalue weighted by Crippen LogP contribution is -2.40. The molecule has 1 aromatic heterocycles. The molecule has 1 saturated carbocycles. The highest BCUT2D eigenvalue weighted by atomic mass is 35.5. The van der Waals surface area contributed by atoms with Crippen molar-refractivity contribution < 1.29 is 13.9 Å². The van der Waals surface area contributed by atoms with E-state index in [9.17, 15) is 9.18 Å². The van der Waals surface area contributed by atoms with Crippen molar-refractivity contribution in [3.63, 3.8) is 0 Å². The number of carbonyl (C=O) groups is 1. The minimum atomic E-state index is -0.604. The number of benzene rings is 1. The molecule has 1 fully saturated rings. The molecule has 4 nitrogen and oxygen atoms in total. The second-order valence-corrected chi connectivity index (χ2v) is 6.74. The Morgan fingerprint density at radius 2 is 2.00 bits per heavy atom. The Labute approximate surface area is 151 Å². The van der Waals surface area contributed by atoms with Gasteiger partial charge >= 0.3 is 0 Å². The van der Waals surface area contributed by atoms with Gasteiger partial charge in [0, 0.05) is 18.3 Å². The highest BCUT2D eigenvalue weighted by molar-refractivity contribution is 6.33. The van der Waals surface area contributed by atoms with Gasteiger partial charge in [-0.1, -0.05) is 23.7 Å². The zero-order valence-electron chi connectivity index (χ0n) is 14.0. The van der Waals surface area contributed by atoms with Crippen molar-refractivity contribution in [3.8, 4) is 5.88 Å². The summed E-state index contributed by atoms with van der Waals surface area (Å²) in [6, 6.07) is 8.05. The molecule has 0 aliphatic heterocycles. The number of carbonyl (C=O) groups excluding carboxylic acids is 1. The van der Waals surface area contributed by atoms with Crippen molar-refractivity contribution >= 4 is 17.5 Å². The zero-order chi connectivity index (χ0) is 17.8. The van der Waals surface area contributed by atoms with Crippen LogP contribution in [-0.2, 0) is 0 Å². The predicted octanol–water partition coefficient (Wildman–Crippen LogP) is 4.30. The average molecular weight is 363 g/mol. The lowest BCUT2D eigenvalue weighted by atomic mass is 9.92. The van der Waals surface area contributed by atoms with Gasteiger partial charge in [-0.05, 0) is 50.3 Å². The molecule has 0 atom stereocenters. The van der Waals surface area contributed by atoms with Crippen molar-refractivity contribution in [3.05, 3.63) is 58.5 Å². The third-order valence-corrected chi connectivity index (χ3v) is 4.69. The molecule has 1 aromatic carbocycles. The molecule has 1 N–H and O–H groups in total. The van der Waals surface area contributed by atoms with Gasteiger partial charge in [0.25, 0.3) is 5.91 Å². The Bertz CT molecular complexity index is 723. The van der Waals surface area contributed by atoms with E-state index in [-0.39, 0.29) is 22.7 Å². The fourth-order valence-corrected chi connectivity index (χ4v) is 3.24. The van der Waals surface area contributed by atoms with Crippen LogP contribution in [0.15, 0.2) is 36.5 Å². The Balaban J connectivity index is 1.52. The average Bonchev–Trinajstić information content (AvgIpc) is 2.58. The van der Waals surface area contributed by atoms with E-state index in [1.165, 1.54) is 18.2 Å². The van der Waals surface area contributed by atoms with Gasteiger partial charge in [-0.15, -0.1) is 0 Å². The molecule has 1 heterocycles. The molecule has 1 aliphatic rings. The molecule has 0 saturated heterocycles. The summed E-state index contributed by atoms with van der Waals surface area (Å²) in [4.78, 5) is 16.5. The summed E-state index contributed by atoms with van der Waals surface area (Å²) in [5.74, 6) is -0.448. The molecule has 0 radical (unpaired) electrons. The minimum absolute atomic E-state index is 0.00556. The first-order valence-corrected chi connectivity index (χ1v) is 8.75. The normalized spacial score (nSPS) is 20.1. The molecule has 6 heteroatoms. The van der Waals surface area contributed by atoms with E-state index in [0.717, 1.165) is 31.2 Å². The lowest BCUT2D eigenvalue weighted by molar-refractivity contribution is 0.0886. The number of rotatable bonds is 4. The molecule has 132 valence electrons. The standard InChI is InChI=1S/C19H20ClFN2O2/c1-12-5-10-17(22-11-12)25-14-8-6-13(7-9-14)23-19(24)18-15(20)3-2-4-16(18)21/h2-5,10-11,13-14H,6-9H2,1H3,(H,23,24). The Morgan fingerprint density at radius 1 is 1.24 bits per heavy atom. The third-order valence-electron chi connectivity index (χ3n) is 4.37. The van der Waals surface area contributed by atoms with E-state index in [2.05, 4.69) is 10.3 Å². The van der Waals surface area contributed by atoms with Gasteiger partial charge in [0.05, 0.1) is 10.6 Å². The number of hydrogen-bond donors (Lipinski definition) is 1. The topological polar surface area (TPSA) is 51.2 Å².